The zero-order valence-electron chi connectivity index (χ0n) is 11.8. The second-order valence-electron chi connectivity index (χ2n) is 4.54. The molecule has 2 aromatic carbocycles. The molecule has 0 heterocycles. The fraction of sp³-hybridized carbons (Fsp3) is 0. The average Bonchev–Trinajstić information content (AvgIpc) is 2.53. The van der Waals surface area contributed by atoms with Gasteiger partial charge in [0, 0.05) is 11.6 Å². The number of nitrogens with one attached hydrogen (secondary N) is 1. The zero-order chi connectivity index (χ0) is 16.9. The number of carboxylic acid groups (broad SMARTS) is 1. The fourth-order valence-electron chi connectivity index (χ4n) is 1.78. The van der Waals surface area contributed by atoms with E-state index in [0.717, 1.165) is 6.08 Å². The molecule has 0 atom stereocenters. The molecule has 0 aliphatic heterocycles. The van der Waals surface area contributed by atoms with Gasteiger partial charge in [-0.3, -0.25) is 4.79 Å². The van der Waals surface area contributed by atoms with Crippen LogP contribution < -0.4 is 4.72 Å². The number of aliphatic carboxylic acids is 1. The third-order valence-corrected chi connectivity index (χ3v) is 4.18. The first kappa shape index (κ1) is 16.4. The van der Waals surface area contributed by atoms with E-state index in [2.05, 4.69) is 0 Å². The van der Waals surface area contributed by atoms with E-state index >= 15 is 0 Å². The predicted octanol–water partition coefficient (Wildman–Crippen LogP) is 1.90. The maximum atomic E-state index is 12.2. The standard InChI is InChI=1S/C16H13NO5S/c18-15(19)10-9-12-5-4-8-14(11-12)23(21,22)17-16(20)13-6-2-1-3-7-13/h1-11H,(H,17,20)(H,18,19). The van der Waals surface area contributed by atoms with Crippen LogP contribution in [0.3, 0.4) is 0 Å². The van der Waals surface area contributed by atoms with Gasteiger partial charge in [-0.2, -0.15) is 0 Å². The number of amides is 1. The Bertz CT molecular complexity index is 857. The van der Waals surface area contributed by atoms with Crippen LogP contribution in [0.2, 0.25) is 0 Å². The third kappa shape index (κ3) is 4.52. The van der Waals surface area contributed by atoms with Crippen LogP contribution in [0.4, 0.5) is 0 Å². The summed E-state index contributed by atoms with van der Waals surface area (Å²) in [4.78, 5) is 22.3. The van der Waals surface area contributed by atoms with Crippen molar-refractivity contribution in [2.45, 2.75) is 4.90 Å². The number of carboxylic acids is 1. The molecule has 2 rings (SSSR count). The molecule has 0 saturated carbocycles. The van der Waals surface area contributed by atoms with Crippen molar-refractivity contribution in [3.8, 4) is 0 Å². The highest BCUT2D eigenvalue weighted by Gasteiger charge is 2.18. The van der Waals surface area contributed by atoms with Crippen LogP contribution >= 0.6 is 0 Å². The summed E-state index contributed by atoms with van der Waals surface area (Å²) in [7, 11) is -4.05. The molecular formula is C16H13NO5S. The van der Waals surface area contributed by atoms with Crippen molar-refractivity contribution in [1.82, 2.24) is 4.72 Å². The molecule has 2 N–H and O–H groups in total. The lowest BCUT2D eigenvalue weighted by molar-refractivity contribution is -0.131. The summed E-state index contributed by atoms with van der Waals surface area (Å²) in [5.41, 5.74) is 0.612. The Kier molecular flexibility index (Phi) is 4.92. The highest BCUT2D eigenvalue weighted by molar-refractivity contribution is 7.90. The van der Waals surface area contributed by atoms with Crippen molar-refractivity contribution in [2.75, 3.05) is 0 Å². The van der Waals surface area contributed by atoms with Crippen LogP contribution in [0.15, 0.2) is 65.6 Å². The Labute approximate surface area is 133 Å². The molecule has 0 unspecified atom stereocenters. The van der Waals surface area contributed by atoms with Crippen LogP contribution in [0.25, 0.3) is 6.08 Å². The molecule has 23 heavy (non-hydrogen) atoms. The van der Waals surface area contributed by atoms with Crippen LogP contribution in [-0.4, -0.2) is 25.4 Å². The van der Waals surface area contributed by atoms with Crippen molar-refractivity contribution in [3.63, 3.8) is 0 Å². The van der Waals surface area contributed by atoms with Gasteiger partial charge >= 0.3 is 5.97 Å². The molecule has 0 bridgehead atoms. The molecule has 0 spiro atoms. The lowest BCUT2D eigenvalue weighted by Gasteiger charge is -2.07. The normalized spacial score (nSPS) is 11.3. The Morgan fingerprint density at radius 1 is 1.00 bits per heavy atom. The van der Waals surface area contributed by atoms with E-state index in [0.29, 0.717) is 5.56 Å². The highest BCUT2D eigenvalue weighted by Crippen LogP contribution is 2.13. The number of carbonyl (C=O) groups excluding carboxylic acids is 1. The molecular weight excluding hydrogens is 318 g/mol. The fourth-order valence-corrected chi connectivity index (χ4v) is 2.81. The number of rotatable bonds is 5. The van der Waals surface area contributed by atoms with Crippen molar-refractivity contribution in [1.29, 1.82) is 0 Å². The largest absolute Gasteiger partial charge is 0.478 e. The number of hydrogen-bond acceptors (Lipinski definition) is 4. The van der Waals surface area contributed by atoms with Crippen molar-refractivity contribution >= 4 is 28.0 Å². The number of hydrogen-bond donors (Lipinski definition) is 2. The maximum absolute atomic E-state index is 12.2. The van der Waals surface area contributed by atoms with Crippen LogP contribution in [-0.2, 0) is 14.8 Å². The molecule has 6 nitrogen and oxygen atoms in total. The Balaban J connectivity index is 2.24. The summed E-state index contributed by atoms with van der Waals surface area (Å²) < 4.78 is 26.4. The molecule has 2 aromatic rings. The van der Waals surface area contributed by atoms with E-state index in [4.69, 9.17) is 5.11 Å². The topological polar surface area (TPSA) is 101 Å². The minimum Gasteiger partial charge on any atom is -0.478 e. The lowest BCUT2D eigenvalue weighted by atomic mass is 10.2. The van der Waals surface area contributed by atoms with Gasteiger partial charge < -0.3 is 5.11 Å². The second-order valence-corrected chi connectivity index (χ2v) is 6.23. The summed E-state index contributed by atoms with van der Waals surface area (Å²) >= 11 is 0. The van der Waals surface area contributed by atoms with Crippen molar-refractivity contribution in [3.05, 3.63) is 71.8 Å². The van der Waals surface area contributed by atoms with E-state index < -0.39 is 21.9 Å². The minimum absolute atomic E-state index is 0.130. The predicted molar refractivity (Wildman–Crippen MR) is 84.2 cm³/mol. The van der Waals surface area contributed by atoms with Gasteiger partial charge in [0.1, 0.15) is 0 Å². The minimum atomic E-state index is -4.05. The first-order valence-electron chi connectivity index (χ1n) is 6.52. The molecule has 1 amide bonds. The number of carbonyl (C=O) groups is 2. The molecule has 0 aliphatic rings. The van der Waals surface area contributed by atoms with E-state index in [9.17, 15) is 18.0 Å². The third-order valence-electron chi connectivity index (χ3n) is 2.85. The quantitative estimate of drug-likeness (QED) is 0.815. The molecule has 0 radical (unpaired) electrons. The van der Waals surface area contributed by atoms with Gasteiger partial charge in [-0.25, -0.2) is 17.9 Å². The Morgan fingerprint density at radius 2 is 1.70 bits per heavy atom. The average molecular weight is 331 g/mol. The van der Waals surface area contributed by atoms with Gasteiger partial charge in [0.2, 0.25) is 0 Å². The molecule has 0 aliphatic carbocycles. The van der Waals surface area contributed by atoms with E-state index in [-0.39, 0.29) is 10.5 Å². The smallest absolute Gasteiger partial charge is 0.328 e. The van der Waals surface area contributed by atoms with Gasteiger partial charge in [-0.15, -0.1) is 0 Å². The monoisotopic (exact) mass is 331 g/mol. The summed E-state index contributed by atoms with van der Waals surface area (Å²) in [5, 5.41) is 8.59. The van der Waals surface area contributed by atoms with Crippen molar-refractivity contribution < 1.29 is 23.1 Å². The molecule has 7 heteroatoms. The number of benzene rings is 2. The lowest BCUT2D eigenvalue weighted by Crippen LogP contribution is -2.30. The van der Waals surface area contributed by atoms with E-state index in [1.165, 1.54) is 36.4 Å². The van der Waals surface area contributed by atoms with Crippen LogP contribution in [0, 0.1) is 0 Å². The molecule has 0 aromatic heterocycles. The summed E-state index contributed by atoms with van der Waals surface area (Å²) in [6, 6.07) is 13.6. The molecule has 0 fully saturated rings. The van der Waals surface area contributed by atoms with Gasteiger partial charge in [0.05, 0.1) is 4.90 Å². The maximum Gasteiger partial charge on any atom is 0.328 e. The van der Waals surface area contributed by atoms with Crippen molar-refractivity contribution in [2.24, 2.45) is 0 Å². The summed E-state index contributed by atoms with van der Waals surface area (Å²) in [5.74, 6) is -1.88. The molecule has 0 saturated heterocycles. The van der Waals surface area contributed by atoms with E-state index in [1.807, 2.05) is 4.72 Å². The van der Waals surface area contributed by atoms with Crippen LogP contribution in [0.1, 0.15) is 15.9 Å². The second kappa shape index (κ2) is 6.89. The first-order chi connectivity index (χ1) is 10.9. The van der Waals surface area contributed by atoms with Crippen LogP contribution in [0.5, 0.6) is 0 Å². The first-order valence-corrected chi connectivity index (χ1v) is 8.00. The van der Waals surface area contributed by atoms with Gasteiger partial charge in [0.25, 0.3) is 15.9 Å². The Morgan fingerprint density at radius 3 is 2.35 bits per heavy atom. The Hall–Kier alpha value is -2.93. The van der Waals surface area contributed by atoms with Gasteiger partial charge in [-0.05, 0) is 35.9 Å². The SMILES string of the molecule is O=C(O)C=Cc1cccc(S(=O)(=O)NC(=O)c2ccccc2)c1. The van der Waals surface area contributed by atoms with Gasteiger partial charge in [-0.1, -0.05) is 30.3 Å². The highest BCUT2D eigenvalue weighted by atomic mass is 32.2. The summed E-state index contributed by atoms with van der Waals surface area (Å²) in [6.07, 6.45) is 2.16. The summed E-state index contributed by atoms with van der Waals surface area (Å²) in [6.45, 7) is 0. The molecule has 118 valence electrons. The van der Waals surface area contributed by atoms with Gasteiger partial charge in [0.15, 0.2) is 0 Å². The zero-order valence-corrected chi connectivity index (χ0v) is 12.7. The number of sulfonamides is 1. The van der Waals surface area contributed by atoms with E-state index in [1.54, 1.807) is 24.3 Å².